The number of anilines is 2. The maximum atomic E-state index is 4.33. The Kier molecular flexibility index (Phi) is 6.03. The molecule has 0 aliphatic carbocycles. The smallest absolute Gasteiger partial charge is 0.132 e. The molecule has 94 valence electrons. The fourth-order valence-corrected chi connectivity index (χ4v) is 1.41. The molecule has 0 saturated heterocycles. The van der Waals surface area contributed by atoms with Gasteiger partial charge >= 0.3 is 0 Å². The highest BCUT2D eigenvalue weighted by atomic mass is 15.1. The Balaban J connectivity index is 2.52. The molecule has 0 radical (unpaired) electrons. The van der Waals surface area contributed by atoms with Crippen LogP contribution in [0.3, 0.4) is 0 Å². The topological polar surface area (TPSA) is 61.9 Å². The summed E-state index contributed by atoms with van der Waals surface area (Å²) in [6.07, 6.45) is 2.87. The minimum atomic E-state index is 0.704. The normalized spacial score (nSPS) is 10.0. The van der Waals surface area contributed by atoms with E-state index < -0.39 is 0 Å². The van der Waals surface area contributed by atoms with Crippen molar-refractivity contribution in [3.8, 4) is 0 Å². The van der Waals surface area contributed by atoms with Crippen molar-refractivity contribution in [1.29, 1.82) is 0 Å². The van der Waals surface area contributed by atoms with E-state index in [0.717, 1.165) is 37.0 Å². The molecule has 0 amide bonds. The number of aryl methyl sites for hydroxylation is 1. The van der Waals surface area contributed by atoms with Gasteiger partial charge in [0.1, 0.15) is 17.5 Å². The van der Waals surface area contributed by atoms with Crippen molar-refractivity contribution < 1.29 is 0 Å². The van der Waals surface area contributed by atoms with Crippen molar-refractivity contribution in [2.45, 2.75) is 13.3 Å². The third-order valence-corrected chi connectivity index (χ3v) is 2.18. The lowest BCUT2D eigenvalue weighted by Gasteiger charge is -2.09. The molecule has 0 spiro atoms. The second-order valence-corrected chi connectivity index (χ2v) is 3.74. The van der Waals surface area contributed by atoms with Gasteiger partial charge in [0.2, 0.25) is 0 Å². The third kappa shape index (κ3) is 5.31. The maximum Gasteiger partial charge on any atom is 0.132 e. The Hall–Kier alpha value is -1.62. The zero-order valence-corrected chi connectivity index (χ0v) is 10.6. The Bertz CT molecular complexity index is 351. The highest BCUT2D eigenvalue weighted by molar-refractivity contribution is 5.47. The average Bonchev–Trinajstić information content (AvgIpc) is 2.31. The van der Waals surface area contributed by atoms with Gasteiger partial charge in [0.25, 0.3) is 0 Å². The fraction of sp³-hybridized carbons (Fsp3) is 0.500. The molecule has 1 rings (SSSR count). The average molecular weight is 235 g/mol. The van der Waals surface area contributed by atoms with Gasteiger partial charge in [-0.3, -0.25) is 0 Å². The molecule has 0 aliphatic rings. The molecule has 17 heavy (non-hydrogen) atoms. The molecule has 5 nitrogen and oxygen atoms in total. The lowest BCUT2D eigenvalue weighted by molar-refractivity contribution is 0.746. The van der Waals surface area contributed by atoms with E-state index in [0.29, 0.717) is 6.54 Å². The summed E-state index contributed by atoms with van der Waals surface area (Å²) >= 11 is 0. The minimum Gasteiger partial charge on any atom is -0.370 e. The van der Waals surface area contributed by atoms with E-state index in [-0.39, 0.29) is 0 Å². The van der Waals surface area contributed by atoms with Gasteiger partial charge in [-0.05, 0) is 26.9 Å². The molecule has 1 heterocycles. The van der Waals surface area contributed by atoms with Crippen LogP contribution in [-0.2, 0) is 0 Å². The van der Waals surface area contributed by atoms with E-state index in [1.807, 2.05) is 20.0 Å². The number of nitrogens with zero attached hydrogens (tertiary/aromatic N) is 2. The van der Waals surface area contributed by atoms with Gasteiger partial charge in [0.15, 0.2) is 0 Å². The van der Waals surface area contributed by atoms with E-state index in [4.69, 9.17) is 0 Å². The van der Waals surface area contributed by atoms with Gasteiger partial charge in [-0.15, -0.1) is 6.58 Å². The lowest BCUT2D eigenvalue weighted by Crippen LogP contribution is -2.14. The van der Waals surface area contributed by atoms with Gasteiger partial charge in [0, 0.05) is 19.2 Å². The van der Waals surface area contributed by atoms with Crippen molar-refractivity contribution in [2.24, 2.45) is 0 Å². The molecular formula is C12H21N5. The molecule has 0 bridgehead atoms. The summed E-state index contributed by atoms with van der Waals surface area (Å²) in [5, 5.41) is 9.54. The second-order valence-electron chi connectivity index (χ2n) is 3.74. The summed E-state index contributed by atoms with van der Waals surface area (Å²) in [5.74, 6) is 2.45. The molecule has 0 aliphatic heterocycles. The van der Waals surface area contributed by atoms with Gasteiger partial charge < -0.3 is 16.0 Å². The van der Waals surface area contributed by atoms with Crippen LogP contribution >= 0.6 is 0 Å². The summed E-state index contributed by atoms with van der Waals surface area (Å²) in [7, 11) is 1.95. The minimum absolute atomic E-state index is 0.704. The molecule has 0 unspecified atom stereocenters. The number of nitrogens with one attached hydrogen (secondary N) is 3. The van der Waals surface area contributed by atoms with Crippen LogP contribution < -0.4 is 16.0 Å². The zero-order valence-electron chi connectivity index (χ0n) is 10.6. The van der Waals surface area contributed by atoms with Gasteiger partial charge in [0.05, 0.1) is 0 Å². The van der Waals surface area contributed by atoms with Crippen LogP contribution in [0.5, 0.6) is 0 Å². The first kappa shape index (κ1) is 13.4. The number of hydrogen-bond donors (Lipinski definition) is 3. The van der Waals surface area contributed by atoms with Crippen molar-refractivity contribution in [1.82, 2.24) is 15.3 Å². The predicted molar refractivity (Wildman–Crippen MR) is 72.5 cm³/mol. The van der Waals surface area contributed by atoms with E-state index >= 15 is 0 Å². The summed E-state index contributed by atoms with van der Waals surface area (Å²) in [5.41, 5.74) is 0. The number of aromatic nitrogens is 2. The summed E-state index contributed by atoms with van der Waals surface area (Å²) in [6, 6.07) is 1.91. The van der Waals surface area contributed by atoms with Crippen molar-refractivity contribution in [3.63, 3.8) is 0 Å². The molecule has 3 N–H and O–H groups in total. The highest BCUT2D eigenvalue weighted by Crippen LogP contribution is 2.10. The van der Waals surface area contributed by atoms with Crippen molar-refractivity contribution >= 4 is 11.6 Å². The van der Waals surface area contributed by atoms with Crippen LogP contribution in [0, 0.1) is 6.92 Å². The fourth-order valence-electron chi connectivity index (χ4n) is 1.41. The molecule has 1 aromatic rings. The second kappa shape index (κ2) is 7.62. The number of rotatable bonds is 8. The lowest BCUT2D eigenvalue weighted by atomic mass is 10.4. The van der Waals surface area contributed by atoms with Crippen LogP contribution in [0.15, 0.2) is 18.7 Å². The first-order chi connectivity index (χ1) is 8.26. The Labute approximate surface area is 103 Å². The molecule has 1 aromatic heterocycles. The Morgan fingerprint density at radius 1 is 1.24 bits per heavy atom. The molecule has 0 aromatic carbocycles. The first-order valence-electron chi connectivity index (χ1n) is 5.85. The van der Waals surface area contributed by atoms with Crippen LogP contribution in [0.4, 0.5) is 11.6 Å². The van der Waals surface area contributed by atoms with Crippen LogP contribution in [-0.4, -0.2) is 36.6 Å². The van der Waals surface area contributed by atoms with Crippen molar-refractivity contribution in [3.05, 3.63) is 24.5 Å². The van der Waals surface area contributed by atoms with Gasteiger partial charge in [-0.2, -0.15) is 0 Å². The highest BCUT2D eigenvalue weighted by Gasteiger charge is 2.00. The monoisotopic (exact) mass is 235 g/mol. The Morgan fingerprint density at radius 2 is 1.94 bits per heavy atom. The molecule has 0 saturated carbocycles. The molecule has 0 fully saturated rings. The quantitative estimate of drug-likeness (QED) is 0.470. The van der Waals surface area contributed by atoms with E-state index in [1.165, 1.54) is 0 Å². The van der Waals surface area contributed by atoms with Crippen LogP contribution in [0.25, 0.3) is 0 Å². The van der Waals surface area contributed by atoms with Crippen molar-refractivity contribution in [2.75, 3.05) is 37.3 Å². The Morgan fingerprint density at radius 3 is 2.59 bits per heavy atom. The predicted octanol–water partition coefficient (Wildman–Crippen LogP) is 1.40. The molecule has 0 atom stereocenters. The first-order valence-corrected chi connectivity index (χ1v) is 5.85. The number of hydrogen-bond acceptors (Lipinski definition) is 5. The van der Waals surface area contributed by atoms with E-state index in [1.54, 1.807) is 6.08 Å². The largest absolute Gasteiger partial charge is 0.370 e. The van der Waals surface area contributed by atoms with Gasteiger partial charge in [-0.25, -0.2) is 9.97 Å². The van der Waals surface area contributed by atoms with E-state index in [9.17, 15) is 0 Å². The SMILES string of the molecule is C=CCNc1cc(NCCCNC)nc(C)n1. The van der Waals surface area contributed by atoms with E-state index in [2.05, 4.69) is 32.5 Å². The third-order valence-electron chi connectivity index (χ3n) is 2.18. The summed E-state index contributed by atoms with van der Waals surface area (Å²) < 4.78 is 0. The standard InChI is InChI=1S/C12H21N5/c1-4-6-14-11-9-12(17-10(2)16-11)15-8-5-7-13-3/h4,9,13H,1,5-8H2,2-3H3,(H2,14,15,16,17). The molecule has 5 heteroatoms. The summed E-state index contributed by atoms with van der Waals surface area (Å²) in [6.45, 7) is 8.15. The van der Waals surface area contributed by atoms with Crippen LogP contribution in [0.2, 0.25) is 0 Å². The zero-order chi connectivity index (χ0) is 12.5. The molecular weight excluding hydrogens is 214 g/mol. The summed E-state index contributed by atoms with van der Waals surface area (Å²) in [4.78, 5) is 8.62. The van der Waals surface area contributed by atoms with Gasteiger partial charge in [-0.1, -0.05) is 6.08 Å². The maximum absolute atomic E-state index is 4.33. The van der Waals surface area contributed by atoms with Crippen LogP contribution in [0.1, 0.15) is 12.2 Å².